The van der Waals surface area contributed by atoms with Crippen LogP contribution in [0.1, 0.15) is 5.56 Å². The van der Waals surface area contributed by atoms with Crippen LogP contribution in [-0.2, 0) is 0 Å². The lowest BCUT2D eigenvalue weighted by Crippen LogP contribution is -2.16. The summed E-state index contributed by atoms with van der Waals surface area (Å²) in [5.74, 6) is -0.219. The molecule has 122 valence electrons. The zero-order valence-electron chi connectivity index (χ0n) is 13.0. The van der Waals surface area contributed by atoms with E-state index in [0.29, 0.717) is 0 Å². The van der Waals surface area contributed by atoms with Gasteiger partial charge in [-0.3, -0.25) is 0 Å². The van der Waals surface area contributed by atoms with Gasteiger partial charge in [0.05, 0.1) is 0 Å². The highest BCUT2D eigenvalue weighted by Gasteiger charge is 2.30. The SMILES string of the molecule is Cc1cc(-c2ccc(OC(F)(F)F)cc2)ccc1-c1ccccc1. The van der Waals surface area contributed by atoms with E-state index in [1.165, 1.54) is 12.1 Å². The van der Waals surface area contributed by atoms with Gasteiger partial charge in [0.2, 0.25) is 0 Å². The molecule has 0 fully saturated rings. The van der Waals surface area contributed by atoms with Gasteiger partial charge in [-0.15, -0.1) is 13.2 Å². The van der Waals surface area contributed by atoms with E-state index in [2.05, 4.69) is 4.74 Å². The number of hydrogen-bond donors (Lipinski definition) is 0. The van der Waals surface area contributed by atoms with Crippen LogP contribution in [-0.4, -0.2) is 6.36 Å². The molecular weight excluding hydrogens is 313 g/mol. The van der Waals surface area contributed by atoms with Gasteiger partial charge in [-0.25, -0.2) is 0 Å². The number of aryl methyl sites for hydroxylation is 1. The number of halogens is 3. The normalized spacial score (nSPS) is 11.3. The van der Waals surface area contributed by atoms with Crippen molar-refractivity contribution in [2.45, 2.75) is 13.3 Å². The van der Waals surface area contributed by atoms with Gasteiger partial charge < -0.3 is 4.74 Å². The summed E-state index contributed by atoms with van der Waals surface area (Å²) in [4.78, 5) is 0. The molecular formula is C20H15F3O. The third-order valence-corrected chi connectivity index (χ3v) is 3.73. The molecule has 3 aromatic rings. The van der Waals surface area contributed by atoms with E-state index in [0.717, 1.165) is 27.8 Å². The first kappa shape index (κ1) is 16.1. The second-order valence-corrected chi connectivity index (χ2v) is 5.47. The smallest absolute Gasteiger partial charge is 0.406 e. The van der Waals surface area contributed by atoms with E-state index in [-0.39, 0.29) is 5.75 Å². The van der Waals surface area contributed by atoms with Crippen molar-refractivity contribution >= 4 is 0 Å². The molecule has 0 amide bonds. The second-order valence-electron chi connectivity index (χ2n) is 5.47. The van der Waals surface area contributed by atoms with Gasteiger partial charge >= 0.3 is 6.36 Å². The highest BCUT2D eigenvalue weighted by molar-refractivity contribution is 5.73. The molecule has 0 aliphatic carbocycles. The van der Waals surface area contributed by atoms with Crippen LogP contribution in [0.3, 0.4) is 0 Å². The molecule has 0 aliphatic rings. The molecule has 0 saturated heterocycles. The van der Waals surface area contributed by atoms with Gasteiger partial charge in [0.1, 0.15) is 5.75 Å². The Bertz CT molecular complexity index is 822. The van der Waals surface area contributed by atoms with Crippen molar-refractivity contribution in [1.29, 1.82) is 0 Å². The molecule has 0 bridgehead atoms. The molecule has 0 radical (unpaired) electrons. The number of rotatable bonds is 3. The first-order valence-corrected chi connectivity index (χ1v) is 7.45. The largest absolute Gasteiger partial charge is 0.573 e. The third-order valence-electron chi connectivity index (χ3n) is 3.73. The lowest BCUT2D eigenvalue weighted by atomic mass is 9.96. The van der Waals surface area contributed by atoms with Crippen molar-refractivity contribution in [1.82, 2.24) is 0 Å². The van der Waals surface area contributed by atoms with Crippen molar-refractivity contribution in [2.75, 3.05) is 0 Å². The minimum atomic E-state index is -4.67. The summed E-state index contributed by atoms with van der Waals surface area (Å²) in [5.41, 5.74) is 5.17. The molecule has 1 nitrogen and oxygen atoms in total. The fourth-order valence-corrected chi connectivity index (χ4v) is 2.63. The van der Waals surface area contributed by atoms with Gasteiger partial charge in [0.25, 0.3) is 0 Å². The zero-order valence-corrected chi connectivity index (χ0v) is 13.0. The summed E-state index contributed by atoms with van der Waals surface area (Å²) in [6, 6.07) is 22.0. The van der Waals surface area contributed by atoms with Gasteiger partial charge in [0.15, 0.2) is 0 Å². The van der Waals surface area contributed by atoms with Crippen LogP contribution in [0.2, 0.25) is 0 Å². The van der Waals surface area contributed by atoms with Gasteiger partial charge in [-0.1, -0.05) is 60.7 Å². The number of alkyl halides is 3. The first-order valence-electron chi connectivity index (χ1n) is 7.45. The van der Waals surface area contributed by atoms with Crippen LogP contribution < -0.4 is 4.74 Å². The van der Waals surface area contributed by atoms with Crippen LogP contribution in [0, 0.1) is 6.92 Å². The van der Waals surface area contributed by atoms with E-state index in [4.69, 9.17) is 0 Å². The lowest BCUT2D eigenvalue weighted by Gasteiger charge is -2.11. The van der Waals surface area contributed by atoms with Crippen molar-refractivity contribution in [3.63, 3.8) is 0 Å². The quantitative estimate of drug-likeness (QED) is 0.554. The molecule has 0 N–H and O–H groups in total. The molecule has 4 heteroatoms. The van der Waals surface area contributed by atoms with Crippen LogP contribution in [0.15, 0.2) is 72.8 Å². The summed E-state index contributed by atoms with van der Waals surface area (Å²) in [5, 5.41) is 0. The fraction of sp³-hybridized carbons (Fsp3) is 0.100. The predicted molar refractivity (Wildman–Crippen MR) is 88.7 cm³/mol. The molecule has 0 aromatic heterocycles. The maximum absolute atomic E-state index is 12.2. The standard InChI is InChI=1S/C20H15F3O/c1-14-13-17(9-12-19(14)16-5-3-2-4-6-16)15-7-10-18(11-8-15)24-20(21,22)23/h2-13H,1H3. The van der Waals surface area contributed by atoms with Crippen molar-refractivity contribution in [3.05, 3.63) is 78.4 Å². The summed E-state index contributed by atoms with van der Waals surface area (Å²) in [6.07, 6.45) is -4.67. The average Bonchev–Trinajstić information content (AvgIpc) is 2.55. The Morgan fingerprint density at radius 1 is 0.708 bits per heavy atom. The monoisotopic (exact) mass is 328 g/mol. The Morgan fingerprint density at radius 3 is 1.92 bits per heavy atom. The fourth-order valence-electron chi connectivity index (χ4n) is 2.63. The third kappa shape index (κ3) is 3.77. The number of ether oxygens (including phenoxy) is 1. The molecule has 0 unspecified atom stereocenters. The van der Waals surface area contributed by atoms with Crippen LogP contribution in [0.4, 0.5) is 13.2 Å². The summed E-state index contributed by atoms with van der Waals surface area (Å²) >= 11 is 0. The zero-order chi connectivity index (χ0) is 17.2. The predicted octanol–water partition coefficient (Wildman–Crippen LogP) is 6.23. The maximum Gasteiger partial charge on any atom is 0.573 e. The minimum Gasteiger partial charge on any atom is -0.406 e. The molecule has 0 atom stereocenters. The molecule has 3 aromatic carbocycles. The molecule has 0 saturated carbocycles. The number of hydrogen-bond acceptors (Lipinski definition) is 1. The van der Waals surface area contributed by atoms with Crippen LogP contribution in [0.5, 0.6) is 5.75 Å². The maximum atomic E-state index is 12.2. The van der Waals surface area contributed by atoms with Gasteiger partial charge in [-0.2, -0.15) is 0 Å². The molecule has 0 spiro atoms. The Hall–Kier alpha value is -2.75. The highest BCUT2D eigenvalue weighted by atomic mass is 19.4. The Balaban J connectivity index is 1.87. The Kier molecular flexibility index (Phi) is 4.30. The van der Waals surface area contributed by atoms with Crippen LogP contribution >= 0.6 is 0 Å². The van der Waals surface area contributed by atoms with E-state index in [1.54, 1.807) is 12.1 Å². The molecule has 24 heavy (non-hydrogen) atoms. The molecule has 0 aliphatic heterocycles. The molecule has 3 rings (SSSR count). The van der Waals surface area contributed by atoms with Gasteiger partial charge in [-0.05, 0) is 46.9 Å². The van der Waals surface area contributed by atoms with Crippen molar-refractivity contribution < 1.29 is 17.9 Å². The average molecular weight is 328 g/mol. The minimum absolute atomic E-state index is 0.219. The van der Waals surface area contributed by atoms with E-state index < -0.39 is 6.36 Å². The van der Waals surface area contributed by atoms with E-state index in [1.807, 2.05) is 55.5 Å². The lowest BCUT2D eigenvalue weighted by molar-refractivity contribution is -0.274. The van der Waals surface area contributed by atoms with E-state index >= 15 is 0 Å². The molecule has 0 heterocycles. The topological polar surface area (TPSA) is 9.23 Å². The number of benzene rings is 3. The van der Waals surface area contributed by atoms with Gasteiger partial charge in [0, 0.05) is 0 Å². The Labute approximate surface area is 138 Å². The second kappa shape index (κ2) is 6.40. The summed E-state index contributed by atoms with van der Waals surface area (Å²) < 4.78 is 40.5. The first-order chi connectivity index (χ1) is 11.4. The van der Waals surface area contributed by atoms with E-state index in [9.17, 15) is 13.2 Å². The van der Waals surface area contributed by atoms with Crippen LogP contribution in [0.25, 0.3) is 22.3 Å². The highest BCUT2D eigenvalue weighted by Crippen LogP contribution is 2.30. The summed E-state index contributed by atoms with van der Waals surface area (Å²) in [7, 11) is 0. The summed E-state index contributed by atoms with van der Waals surface area (Å²) in [6.45, 7) is 2.02. The Morgan fingerprint density at radius 2 is 1.33 bits per heavy atom. The van der Waals surface area contributed by atoms with Crippen molar-refractivity contribution in [2.24, 2.45) is 0 Å². The van der Waals surface area contributed by atoms with Crippen molar-refractivity contribution in [3.8, 4) is 28.0 Å².